The van der Waals surface area contributed by atoms with Gasteiger partial charge in [-0.3, -0.25) is 0 Å². The van der Waals surface area contributed by atoms with Gasteiger partial charge >= 0.3 is 0 Å². The fourth-order valence-electron chi connectivity index (χ4n) is 1.35. The lowest BCUT2D eigenvalue weighted by Crippen LogP contribution is -2.26. The lowest BCUT2D eigenvalue weighted by atomic mass is 9.83. The topological polar surface area (TPSA) is 35.2 Å². The summed E-state index contributed by atoms with van der Waals surface area (Å²) in [5.41, 5.74) is 7.33. The van der Waals surface area contributed by atoms with Gasteiger partial charge in [0.1, 0.15) is 5.75 Å². The molecule has 0 spiro atoms. The highest BCUT2D eigenvalue weighted by molar-refractivity contribution is 9.10. The van der Waals surface area contributed by atoms with Crippen LogP contribution in [0.1, 0.15) is 32.4 Å². The van der Waals surface area contributed by atoms with Gasteiger partial charge in [0.05, 0.1) is 7.11 Å². The van der Waals surface area contributed by atoms with Crippen LogP contribution < -0.4 is 10.5 Å². The summed E-state index contributed by atoms with van der Waals surface area (Å²) in [6.07, 6.45) is 0. The second kappa shape index (κ2) is 4.54. The van der Waals surface area contributed by atoms with Crippen LogP contribution >= 0.6 is 15.9 Å². The van der Waals surface area contributed by atoms with E-state index in [1.54, 1.807) is 7.11 Å². The molecule has 1 atom stereocenters. The third-order valence-electron chi connectivity index (χ3n) is 2.47. The minimum atomic E-state index is -0.0121. The largest absolute Gasteiger partial charge is 0.497 e. The van der Waals surface area contributed by atoms with Gasteiger partial charge in [-0.2, -0.15) is 0 Å². The smallest absolute Gasteiger partial charge is 0.119 e. The van der Waals surface area contributed by atoms with E-state index in [1.807, 2.05) is 18.2 Å². The quantitative estimate of drug-likeness (QED) is 0.894. The predicted molar refractivity (Wildman–Crippen MR) is 67.1 cm³/mol. The maximum absolute atomic E-state index is 6.21. The number of benzene rings is 1. The Morgan fingerprint density at radius 1 is 1.33 bits per heavy atom. The fraction of sp³-hybridized carbons (Fsp3) is 0.500. The first-order valence-electron chi connectivity index (χ1n) is 4.95. The highest BCUT2D eigenvalue weighted by atomic mass is 79.9. The third-order valence-corrected chi connectivity index (χ3v) is 3.19. The number of nitrogens with two attached hydrogens (primary N) is 1. The first kappa shape index (κ1) is 12.5. The summed E-state index contributed by atoms with van der Waals surface area (Å²) >= 11 is 3.52. The molecule has 0 aliphatic carbocycles. The summed E-state index contributed by atoms with van der Waals surface area (Å²) in [6, 6.07) is 5.87. The van der Waals surface area contributed by atoms with Gasteiger partial charge in [0.2, 0.25) is 0 Å². The van der Waals surface area contributed by atoms with Gasteiger partial charge < -0.3 is 10.5 Å². The molecule has 84 valence electrons. The standard InChI is InChI=1S/C12H18BrNO/c1-12(2,3)11(14)9-7-8(15-4)5-6-10(9)13/h5-7,11H,14H2,1-4H3. The average molecular weight is 272 g/mol. The van der Waals surface area contributed by atoms with Crippen LogP contribution in [0.25, 0.3) is 0 Å². The molecule has 15 heavy (non-hydrogen) atoms. The predicted octanol–water partition coefficient (Wildman–Crippen LogP) is 3.50. The maximum atomic E-state index is 6.21. The van der Waals surface area contributed by atoms with Crippen molar-refractivity contribution in [3.05, 3.63) is 28.2 Å². The van der Waals surface area contributed by atoms with Crippen LogP contribution in [0.2, 0.25) is 0 Å². The molecule has 0 bridgehead atoms. The molecule has 0 aliphatic rings. The highest BCUT2D eigenvalue weighted by Gasteiger charge is 2.24. The number of methoxy groups -OCH3 is 1. The first-order chi connectivity index (χ1) is 6.86. The Morgan fingerprint density at radius 3 is 2.40 bits per heavy atom. The Bertz CT molecular complexity index is 344. The van der Waals surface area contributed by atoms with Crippen LogP contribution in [-0.2, 0) is 0 Å². The number of hydrogen-bond donors (Lipinski definition) is 1. The zero-order valence-corrected chi connectivity index (χ0v) is 11.3. The minimum absolute atomic E-state index is 0.0121. The molecule has 0 heterocycles. The Hall–Kier alpha value is -0.540. The van der Waals surface area contributed by atoms with Crippen molar-refractivity contribution in [3.63, 3.8) is 0 Å². The van der Waals surface area contributed by atoms with Crippen molar-refractivity contribution in [2.45, 2.75) is 26.8 Å². The zero-order valence-electron chi connectivity index (χ0n) is 9.67. The molecule has 1 rings (SSSR count). The molecule has 1 aromatic rings. The van der Waals surface area contributed by atoms with Gasteiger partial charge in [-0.05, 0) is 29.2 Å². The number of halogens is 1. The average Bonchev–Trinajstić information content (AvgIpc) is 2.16. The molecule has 3 heteroatoms. The fourth-order valence-corrected chi connectivity index (χ4v) is 1.85. The summed E-state index contributed by atoms with van der Waals surface area (Å²) in [6.45, 7) is 6.39. The lowest BCUT2D eigenvalue weighted by molar-refractivity contribution is 0.324. The van der Waals surface area contributed by atoms with Crippen molar-refractivity contribution >= 4 is 15.9 Å². The van der Waals surface area contributed by atoms with Crippen LogP contribution in [-0.4, -0.2) is 7.11 Å². The molecule has 0 amide bonds. The van der Waals surface area contributed by atoms with Crippen LogP contribution in [0.3, 0.4) is 0 Å². The number of hydrogen-bond acceptors (Lipinski definition) is 2. The molecule has 1 unspecified atom stereocenters. The Morgan fingerprint density at radius 2 is 1.93 bits per heavy atom. The SMILES string of the molecule is COc1ccc(Br)c(C(N)C(C)(C)C)c1. The molecule has 0 saturated carbocycles. The van der Waals surface area contributed by atoms with E-state index >= 15 is 0 Å². The van der Waals surface area contributed by atoms with Crippen LogP contribution in [0, 0.1) is 5.41 Å². The molecule has 2 nitrogen and oxygen atoms in total. The van der Waals surface area contributed by atoms with Crippen molar-refractivity contribution in [2.75, 3.05) is 7.11 Å². The Labute approximate surface area is 99.9 Å². The van der Waals surface area contributed by atoms with Crippen molar-refractivity contribution in [2.24, 2.45) is 11.1 Å². The molecule has 0 fully saturated rings. The monoisotopic (exact) mass is 271 g/mol. The summed E-state index contributed by atoms with van der Waals surface area (Å²) in [5.74, 6) is 0.841. The van der Waals surface area contributed by atoms with Gasteiger partial charge in [-0.15, -0.1) is 0 Å². The van der Waals surface area contributed by atoms with E-state index in [2.05, 4.69) is 36.7 Å². The molecule has 0 aliphatic heterocycles. The molecule has 2 N–H and O–H groups in total. The molecule has 0 radical (unpaired) electrons. The van der Waals surface area contributed by atoms with Crippen LogP contribution in [0.5, 0.6) is 5.75 Å². The first-order valence-corrected chi connectivity index (χ1v) is 5.74. The lowest BCUT2D eigenvalue weighted by Gasteiger charge is -2.28. The molecule has 0 aromatic heterocycles. The van der Waals surface area contributed by atoms with E-state index in [9.17, 15) is 0 Å². The van der Waals surface area contributed by atoms with E-state index < -0.39 is 0 Å². The van der Waals surface area contributed by atoms with Gasteiger partial charge in [0, 0.05) is 10.5 Å². The van der Waals surface area contributed by atoms with Crippen molar-refractivity contribution in [3.8, 4) is 5.75 Å². The van der Waals surface area contributed by atoms with Gasteiger partial charge in [-0.25, -0.2) is 0 Å². The third kappa shape index (κ3) is 2.95. The van der Waals surface area contributed by atoms with Gasteiger partial charge in [-0.1, -0.05) is 36.7 Å². The summed E-state index contributed by atoms with van der Waals surface area (Å²) in [7, 11) is 1.66. The van der Waals surface area contributed by atoms with Crippen molar-refractivity contribution < 1.29 is 4.74 Å². The second-order valence-electron chi connectivity index (χ2n) is 4.73. The summed E-state index contributed by atoms with van der Waals surface area (Å²) in [4.78, 5) is 0. The van der Waals surface area contributed by atoms with Crippen LogP contribution in [0.4, 0.5) is 0 Å². The van der Waals surface area contributed by atoms with E-state index in [0.717, 1.165) is 15.8 Å². The van der Waals surface area contributed by atoms with Gasteiger partial charge in [0.15, 0.2) is 0 Å². The van der Waals surface area contributed by atoms with Crippen LogP contribution in [0.15, 0.2) is 22.7 Å². The normalized spacial score (nSPS) is 13.7. The maximum Gasteiger partial charge on any atom is 0.119 e. The van der Waals surface area contributed by atoms with E-state index in [4.69, 9.17) is 10.5 Å². The zero-order chi connectivity index (χ0) is 11.6. The number of ether oxygens (including phenoxy) is 1. The summed E-state index contributed by atoms with van der Waals surface area (Å²) < 4.78 is 6.23. The molecule has 0 saturated heterocycles. The Balaban J connectivity index is 3.12. The molecule has 1 aromatic carbocycles. The summed E-state index contributed by atoms with van der Waals surface area (Å²) in [5, 5.41) is 0. The number of rotatable bonds is 2. The van der Waals surface area contributed by atoms with E-state index in [1.165, 1.54) is 0 Å². The second-order valence-corrected chi connectivity index (χ2v) is 5.59. The van der Waals surface area contributed by atoms with Crippen molar-refractivity contribution in [1.82, 2.24) is 0 Å². The Kier molecular flexibility index (Phi) is 3.79. The minimum Gasteiger partial charge on any atom is -0.497 e. The van der Waals surface area contributed by atoms with Crippen molar-refractivity contribution in [1.29, 1.82) is 0 Å². The van der Waals surface area contributed by atoms with E-state index in [-0.39, 0.29) is 11.5 Å². The molecular weight excluding hydrogens is 254 g/mol. The molecular formula is C12H18BrNO. The van der Waals surface area contributed by atoms with E-state index in [0.29, 0.717) is 0 Å². The highest BCUT2D eigenvalue weighted by Crippen LogP contribution is 2.36. The van der Waals surface area contributed by atoms with Gasteiger partial charge in [0.25, 0.3) is 0 Å².